The molecule has 1 aliphatic carbocycles. The minimum absolute atomic E-state index is 0.00650. The minimum Gasteiger partial charge on any atom is -0.469 e. The lowest BCUT2D eigenvalue weighted by atomic mass is 9.83. The predicted octanol–water partition coefficient (Wildman–Crippen LogP) is 5.46. The van der Waals surface area contributed by atoms with E-state index in [2.05, 4.69) is 0 Å². The lowest BCUT2D eigenvalue weighted by molar-refractivity contribution is -0.162. The molecule has 182 valence electrons. The Kier molecular flexibility index (Phi) is 8.13. The van der Waals surface area contributed by atoms with E-state index in [1.54, 1.807) is 6.92 Å². The van der Waals surface area contributed by atoms with Gasteiger partial charge in [0.2, 0.25) is 0 Å². The fraction of sp³-hybridized carbons (Fsp3) is 0.464. The highest BCUT2D eigenvalue weighted by molar-refractivity contribution is 6.08. The molecule has 0 unspecified atom stereocenters. The van der Waals surface area contributed by atoms with Gasteiger partial charge < -0.3 is 14.4 Å². The van der Waals surface area contributed by atoms with Crippen molar-refractivity contribution in [2.75, 3.05) is 7.11 Å². The smallest absolute Gasteiger partial charge is 0.310 e. The Morgan fingerprint density at radius 1 is 0.853 bits per heavy atom. The third-order valence-electron chi connectivity index (χ3n) is 6.49. The average molecular weight is 466 g/mol. The molecule has 1 amide bonds. The van der Waals surface area contributed by atoms with Gasteiger partial charge in [0.1, 0.15) is 6.10 Å². The number of allylic oxidation sites excluding steroid dienone is 2. The van der Waals surface area contributed by atoms with E-state index in [-0.39, 0.29) is 18.0 Å². The molecular weight excluding hydrogens is 430 g/mol. The number of ether oxygens (including phenoxy) is 2. The number of fused-ring (bicyclic) bond motifs is 1. The Morgan fingerprint density at radius 2 is 1.44 bits per heavy atom. The van der Waals surface area contributed by atoms with Gasteiger partial charge in [-0.15, -0.1) is 0 Å². The number of nitrogens with zero attached hydrogens (tertiary/aromatic N) is 1. The monoisotopic (exact) mass is 465 g/mol. The predicted molar refractivity (Wildman–Crippen MR) is 132 cm³/mol. The topological polar surface area (TPSA) is 72.9 Å². The van der Waals surface area contributed by atoms with Gasteiger partial charge >= 0.3 is 11.9 Å². The van der Waals surface area contributed by atoms with E-state index in [4.69, 9.17) is 9.47 Å². The molecule has 0 saturated heterocycles. The largest absolute Gasteiger partial charge is 0.469 e. The summed E-state index contributed by atoms with van der Waals surface area (Å²) < 4.78 is 10.8. The molecule has 2 aromatic carbocycles. The summed E-state index contributed by atoms with van der Waals surface area (Å²) in [6.07, 6.45) is 3.98. The zero-order valence-electron chi connectivity index (χ0n) is 20.9. The van der Waals surface area contributed by atoms with Crippen molar-refractivity contribution >= 4 is 28.6 Å². The molecular formula is C28H35NO5. The van der Waals surface area contributed by atoms with Crippen molar-refractivity contribution in [1.29, 1.82) is 0 Å². The highest BCUT2D eigenvalue weighted by Crippen LogP contribution is 2.34. The lowest BCUT2D eigenvalue weighted by Gasteiger charge is -2.33. The average Bonchev–Trinajstić information content (AvgIpc) is 2.82. The maximum Gasteiger partial charge on any atom is 0.310 e. The molecule has 0 heterocycles. The summed E-state index contributed by atoms with van der Waals surface area (Å²) in [4.78, 5) is 41.1. The zero-order chi connectivity index (χ0) is 25.0. The van der Waals surface area contributed by atoms with Crippen molar-refractivity contribution in [3.63, 3.8) is 0 Å². The third kappa shape index (κ3) is 5.16. The number of benzene rings is 2. The highest BCUT2D eigenvalue weighted by Gasteiger charge is 2.37. The number of amides is 1. The number of methoxy groups -OCH3 is 1. The molecule has 0 aromatic heterocycles. The van der Waals surface area contributed by atoms with Crippen molar-refractivity contribution in [3.8, 4) is 0 Å². The van der Waals surface area contributed by atoms with Gasteiger partial charge in [-0.1, -0.05) is 48.6 Å². The van der Waals surface area contributed by atoms with E-state index in [9.17, 15) is 14.4 Å². The number of hydrogen-bond donors (Lipinski definition) is 0. The quantitative estimate of drug-likeness (QED) is 0.401. The van der Waals surface area contributed by atoms with Crippen LogP contribution in [-0.4, -0.2) is 41.9 Å². The summed E-state index contributed by atoms with van der Waals surface area (Å²) in [7, 11) is 1.33. The molecule has 0 N–H and O–H groups in total. The summed E-state index contributed by atoms with van der Waals surface area (Å²) in [5, 5.41) is 1.77. The third-order valence-corrected chi connectivity index (χ3v) is 6.49. The lowest BCUT2D eigenvalue weighted by Crippen LogP contribution is -2.42. The highest BCUT2D eigenvalue weighted by atomic mass is 16.5. The van der Waals surface area contributed by atoms with Crippen LogP contribution >= 0.6 is 0 Å². The van der Waals surface area contributed by atoms with E-state index < -0.39 is 29.9 Å². The van der Waals surface area contributed by atoms with Crippen LogP contribution < -0.4 is 0 Å². The number of rotatable bonds is 7. The Balaban J connectivity index is 2.00. The van der Waals surface area contributed by atoms with Crippen LogP contribution in [0.3, 0.4) is 0 Å². The Hall–Kier alpha value is -3.15. The molecule has 3 rings (SSSR count). The summed E-state index contributed by atoms with van der Waals surface area (Å²) >= 11 is 0. The van der Waals surface area contributed by atoms with Gasteiger partial charge in [-0.25, -0.2) is 0 Å². The van der Waals surface area contributed by atoms with Gasteiger partial charge in [0.05, 0.1) is 24.5 Å². The number of esters is 2. The second kappa shape index (κ2) is 10.9. The first-order valence-corrected chi connectivity index (χ1v) is 11.9. The molecule has 3 atom stereocenters. The van der Waals surface area contributed by atoms with E-state index in [1.807, 2.05) is 81.1 Å². The van der Waals surface area contributed by atoms with Crippen molar-refractivity contribution in [3.05, 3.63) is 59.7 Å². The fourth-order valence-electron chi connectivity index (χ4n) is 4.87. The maximum atomic E-state index is 13.8. The molecule has 0 bridgehead atoms. The fourth-order valence-corrected chi connectivity index (χ4v) is 4.87. The van der Waals surface area contributed by atoms with Gasteiger partial charge in [-0.2, -0.15) is 0 Å². The van der Waals surface area contributed by atoms with Gasteiger partial charge in [-0.05, 0) is 58.2 Å². The molecule has 0 aliphatic heterocycles. The van der Waals surface area contributed by atoms with E-state index in [0.717, 1.165) is 10.8 Å². The zero-order valence-corrected chi connectivity index (χ0v) is 20.9. The van der Waals surface area contributed by atoms with Crippen molar-refractivity contribution in [2.45, 2.75) is 65.6 Å². The summed E-state index contributed by atoms with van der Waals surface area (Å²) in [6, 6.07) is 11.6. The Bertz CT molecular complexity index is 1080. The van der Waals surface area contributed by atoms with Crippen LogP contribution in [0.4, 0.5) is 0 Å². The van der Waals surface area contributed by atoms with E-state index in [1.165, 1.54) is 7.11 Å². The summed E-state index contributed by atoms with van der Waals surface area (Å²) in [5.74, 6) is -2.13. The first-order chi connectivity index (χ1) is 16.2. The molecule has 6 heteroatoms. The standard InChI is InChI=1S/C28H35NO5/c1-17(2)29(18(3)4)26(30)25-21(16-15-20-11-7-8-12-22(20)25)19(5)34-28(32)24-14-10-9-13-23(24)27(31)33-6/h7-12,15-19,23-24H,13-14H2,1-6H3/t19-,23+,24-/m0/s1. The second-order valence-corrected chi connectivity index (χ2v) is 9.41. The molecule has 34 heavy (non-hydrogen) atoms. The molecule has 0 saturated carbocycles. The molecule has 2 aromatic rings. The number of carbonyl (C=O) groups is 3. The molecule has 1 aliphatic rings. The normalized spacial score (nSPS) is 18.7. The van der Waals surface area contributed by atoms with E-state index in [0.29, 0.717) is 24.0 Å². The van der Waals surface area contributed by atoms with Crippen LogP contribution in [0.25, 0.3) is 10.8 Å². The first kappa shape index (κ1) is 25.5. The van der Waals surface area contributed by atoms with Gasteiger partial charge in [0.25, 0.3) is 5.91 Å². The van der Waals surface area contributed by atoms with Crippen molar-refractivity contribution in [2.24, 2.45) is 11.8 Å². The maximum absolute atomic E-state index is 13.8. The van der Waals surface area contributed by atoms with Gasteiger partial charge in [0.15, 0.2) is 0 Å². The molecule has 6 nitrogen and oxygen atoms in total. The van der Waals surface area contributed by atoms with Crippen LogP contribution in [0, 0.1) is 11.8 Å². The SMILES string of the molecule is COC(=O)[C@@H]1CC=CC[C@@H]1C(=O)O[C@@H](C)c1ccc2ccccc2c1C(=O)N(C(C)C)C(C)C. The number of carbonyl (C=O) groups excluding carboxylic acids is 3. The Labute approximate surface area is 201 Å². The van der Waals surface area contributed by atoms with Crippen LogP contribution in [0.15, 0.2) is 48.6 Å². The summed E-state index contributed by atoms with van der Waals surface area (Å²) in [5.41, 5.74) is 1.21. The van der Waals surface area contributed by atoms with Crippen molar-refractivity contribution in [1.82, 2.24) is 4.90 Å². The van der Waals surface area contributed by atoms with E-state index >= 15 is 0 Å². The molecule has 0 radical (unpaired) electrons. The van der Waals surface area contributed by atoms with Crippen LogP contribution in [0.5, 0.6) is 0 Å². The molecule has 0 spiro atoms. The van der Waals surface area contributed by atoms with Crippen LogP contribution in [0.2, 0.25) is 0 Å². The van der Waals surface area contributed by atoms with Crippen LogP contribution in [0.1, 0.15) is 69.5 Å². The Morgan fingerprint density at radius 3 is 2.03 bits per heavy atom. The summed E-state index contributed by atoms with van der Waals surface area (Å²) in [6.45, 7) is 9.76. The number of hydrogen-bond acceptors (Lipinski definition) is 5. The van der Waals surface area contributed by atoms with Crippen molar-refractivity contribution < 1.29 is 23.9 Å². The first-order valence-electron chi connectivity index (χ1n) is 11.9. The van der Waals surface area contributed by atoms with Crippen LogP contribution in [-0.2, 0) is 19.1 Å². The van der Waals surface area contributed by atoms with Gasteiger partial charge in [-0.3, -0.25) is 14.4 Å². The second-order valence-electron chi connectivity index (χ2n) is 9.41. The molecule has 0 fully saturated rings. The van der Waals surface area contributed by atoms with Gasteiger partial charge in [0, 0.05) is 17.6 Å². The minimum atomic E-state index is -0.665.